The molecule has 1 saturated heterocycles. The number of benzene rings is 2. The van der Waals surface area contributed by atoms with E-state index < -0.39 is 0 Å². The van der Waals surface area contributed by atoms with Crippen LogP contribution in [0.4, 0.5) is 0 Å². The van der Waals surface area contributed by atoms with Crippen molar-refractivity contribution < 1.29 is 4.90 Å². The third kappa shape index (κ3) is 4.42. The Hall–Kier alpha value is -2.13. The van der Waals surface area contributed by atoms with E-state index in [-0.39, 0.29) is 0 Å². The lowest BCUT2D eigenvalue weighted by Gasteiger charge is -2.30. The molecule has 3 nitrogen and oxygen atoms in total. The first-order valence-electron chi connectivity index (χ1n) is 8.44. The summed E-state index contributed by atoms with van der Waals surface area (Å²) in [5, 5.41) is 6.81. The highest BCUT2D eigenvalue weighted by atomic mass is 15.5. The second-order valence-electron chi connectivity index (χ2n) is 6.47. The number of hydrogen-bond acceptors (Lipinski definition) is 2. The zero-order chi connectivity index (χ0) is 16.1. The van der Waals surface area contributed by atoms with Gasteiger partial charge in [-0.1, -0.05) is 54.1 Å². The van der Waals surface area contributed by atoms with E-state index in [1.54, 1.807) is 4.90 Å². The number of aryl methyl sites for hydroxylation is 2. The lowest BCUT2D eigenvalue weighted by atomic mass is 10.1. The maximum atomic E-state index is 4.62. The van der Waals surface area contributed by atoms with Crippen LogP contribution in [0, 0.1) is 13.8 Å². The van der Waals surface area contributed by atoms with Gasteiger partial charge in [0.05, 0.1) is 32.4 Å². The number of piperazine rings is 1. The van der Waals surface area contributed by atoms with Crippen LogP contribution in [0.2, 0.25) is 0 Å². The number of hydrazone groups is 1. The quantitative estimate of drug-likeness (QED) is 0.857. The molecule has 0 radical (unpaired) electrons. The van der Waals surface area contributed by atoms with Gasteiger partial charge in [-0.25, -0.2) is 0 Å². The molecule has 23 heavy (non-hydrogen) atoms. The van der Waals surface area contributed by atoms with E-state index >= 15 is 0 Å². The molecule has 3 heteroatoms. The number of hydrogen-bond donors (Lipinski definition) is 1. The highest BCUT2D eigenvalue weighted by Gasteiger charge is 2.19. The molecule has 0 unspecified atom stereocenters. The van der Waals surface area contributed by atoms with E-state index in [2.05, 4.69) is 54.3 Å². The summed E-state index contributed by atoms with van der Waals surface area (Å²) in [7, 11) is 0. The molecule has 0 aliphatic carbocycles. The van der Waals surface area contributed by atoms with Crippen LogP contribution in [0.3, 0.4) is 0 Å². The van der Waals surface area contributed by atoms with Crippen molar-refractivity contribution in [1.82, 2.24) is 5.01 Å². The fourth-order valence-corrected chi connectivity index (χ4v) is 3.10. The monoisotopic (exact) mass is 308 g/mol. The fourth-order valence-electron chi connectivity index (χ4n) is 3.10. The van der Waals surface area contributed by atoms with Crippen LogP contribution in [0.5, 0.6) is 0 Å². The topological polar surface area (TPSA) is 20.0 Å². The minimum absolute atomic E-state index is 1.03. The smallest absolute Gasteiger partial charge is 0.103 e. The number of rotatable bonds is 4. The van der Waals surface area contributed by atoms with Crippen molar-refractivity contribution in [2.24, 2.45) is 5.10 Å². The molecule has 2 aromatic carbocycles. The number of quaternary nitrogens is 1. The van der Waals surface area contributed by atoms with Gasteiger partial charge in [0.25, 0.3) is 0 Å². The van der Waals surface area contributed by atoms with Crippen molar-refractivity contribution in [3.05, 3.63) is 70.8 Å². The third-order valence-corrected chi connectivity index (χ3v) is 4.56. The SMILES string of the molecule is Cc1ccc(C[NH+]2CCN(N=Cc3ccccc3)CC2)c(C)c1. The summed E-state index contributed by atoms with van der Waals surface area (Å²) >= 11 is 0. The van der Waals surface area contributed by atoms with Crippen LogP contribution in [-0.2, 0) is 6.54 Å². The summed E-state index contributed by atoms with van der Waals surface area (Å²) in [6.07, 6.45) is 1.97. The average molecular weight is 308 g/mol. The van der Waals surface area contributed by atoms with Crippen molar-refractivity contribution in [3.8, 4) is 0 Å². The number of nitrogens with one attached hydrogen (secondary N) is 1. The molecule has 1 fully saturated rings. The molecule has 1 aliphatic rings. The predicted octanol–water partition coefficient (Wildman–Crippen LogP) is 2.04. The van der Waals surface area contributed by atoms with Gasteiger partial charge in [-0.15, -0.1) is 0 Å². The zero-order valence-corrected chi connectivity index (χ0v) is 14.1. The van der Waals surface area contributed by atoms with Crippen molar-refractivity contribution in [2.75, 3.05) is 26.2 Å². The highest BCUT2D eigenvalue weighted by Crippen LogP contribution is 2.09. The maximum Gasteiger partial charge on any atom is 0.103 e. The third-order valence-electron chi connectivity index (χ3n) is 4.56. The Bertz CT molecular complexity index is 656. The minimum atomic E-state index is 1.03. The molecule has 0 atom stereocenters. The summed E-state index contributed by atoms with van der Waals surface area (Å²) in [6, 6.07) is 17.1. The van der Waals surface area contributed by atoms with Crippen LogP contribution in [-0.4, -0.2) is 37.4 Å². The van der Waals surface area contributed by atoms with Crippen molar-refractivity contribution >= 4 is 6.21 Å². The maximum absolute atomic E-state index is 4.62. The molecule has 0 spiro atoms. The van der Waals surface area contributed by atoms with Crippen LogP contribution >= 0.6 is 0 Å². The summed E-state index contributed by atoms with van der Waals surface area (Å²) in [4.78, 5) is 1.66. The van der Waals surface area contributed by atoms with Crippen molar-refractivity contribution in [1.29, 1.82) is 0 Å². The van der Waals surface area contributed by atoms with Crippen LogP contribution in [0.1, 0.15) is 22.3 Å². The Balaban J connectivity index is 1.51. The molecule has 0 aromatic heterocycles. The summed E-state index contributed by atoms with van der Waals surface area (Å²) in [5.74, 6) is 0. The molecular formula is C20H26N3+. The second-order valence-corrected chi connectivity index (χ2v) is 6.47. The van der Waals surface area contributed by atoms with Gasteiger partial charge >= 0.3 is 0 Å². The predicted molar refractivity (Wildman–Crippen MR) is 95.9 cm³/mol. The summed E-state index contributed by atoms with van der Waals surface area (Å²) in [6.45, 7) is 9.88. The molecule has 1 aliphatic heterocycles. The largest absolute Gasteiger partial charge is 0.328 e. The van der Waals surface area contributed by atoms with Crippen molar-refractivity contribution in [2.45, 2.75) is 20.4 Å². The highest BCUT2D eigenvalue weighted by molar-refractivity contribution is 5.79. The Morgan fingerprint density at radius 2 is 1.78 bits per heavy atom. The molecule has 120 valence electrons. The van der Waals surface area contributed by atoms with E-state index in [0.29, 0.717) is 0 Å². The Kier molecular flexibility index (Phi) is 5.09. The molecule has 0 amide bonds. The van der Waals surface area contributed by atoms with Gasteiger partial charge in [0.15, 0.2) is 0 Å². The lowest BCUT2D eigenvalue weighted by molar-refractivity contribution is -0.918. The Morgan fingerprint density at radius 3 is 2.48 bits per heavy atom. The molecule has 1 heterocycles. The first-order chi connectivity index (χ1) is 11.2. The molecule has 2 aromatic rings. The van der Waals surface area contributed by atoms with Gasteiger partial charge in [0.1, 0.15) is 6.54 Å². The summed E-state index contributed by atoms with van der Waals surface area (Å²) in [5.41, 5.74) is 5.41. The number of nitrogens with zero attached hydrogens (tertiary/aromatic N) is 2. The van der Waals surface area contributed by atoms with Crippen LogP contribution in [0.25, 0.3) is 0 Å². The molecule has 1 N–H and O–H groups in total. The van der Waals surface area contributed by atoms with Crippen molar-refractivity contribution in [3.63, 3.8) is 0 Å². The molecule has 3 rings (SSSR count). The second kappa shape index (κ2) is 7.42. The Morgan fingerprint density at radius 1 is 1.04 bits per heavy atom. The van der Waals surface area contributed by atoms with Gasteiger partial charge in [0, 0.05) is 5.56 Å². The van der Waals surface area contributed by atoms with E-state index in [1.165, 1.54) is 16.7 Å². The standard InChI is InChI=1S/C20H25N3/c1-17-8-9-20(18(2)14-17)16-22-10-12-23(13-11-22)21-15-19-6-4-3-5-7-19/h3-9,14-15H,10-13,16H2,1-2H3/p+1. The van der Waals surface area contributed by atoms with Crippen LogP contribution in [0.15, 0.2) is 53.6 Å². The van der Waals surface area contributed by atoms with E-state index in [0.717, 1.165) is 38.3 Å². The summed E-state index contributed by atoms with van der Waals surface area (Å²) < 4.78 is 0. The Labute approximate surface area is 139 Å². The minimum Gasteiger partial charge on any atom is -0.328 e. The molecule has 0 bridgehead atoms. The van der Waals surface area contributed by atoms with Gasteiger partial charge in [-0.05, 0) is 25.0 Å². The lowest BCUT2D eigenvalue weighted by Crippen LogP contribution is -3.13. The van der Waals surface area contributed by atoms with Crippen LogP contribution < -0.4 is 4.90 Å². The molecular weight excluding hydrogens is 282 g/mol. The van der Waals surface area contributed by atoms with Gasteiger partial charge < -0.3 is 4.90 Å². The average Bonchev–Trinajstić information content (AvgIpc) is 2.58. The van der Waals surface area contributed by atoms with E-state index in [9.17, 15) is 0 Å². The van der Waals surface area contributed by atoms with E-state index in [1.807, 2.05) is 24.4 Å². The molecule has 0 saturated carbocycles. The van der Waals surface area contributed by atoms with Gasteiger partial charge in [0.2, 0.25) is 0 Å². The zero-order valence-electron chi connectivity index (χ0n) is 14.1. The normalized spacial score (nSPS) is 16.2. The first-order valence-corrected chi connectivity index (χ1v) is 8.44. The van der Waals surface area contributed by atoms with Gasteiger partial charge in [-0.2, -0.15) is 5.10 Å². The van der Waals surface area contributed by atoms with Gasteiger partial charge in [-0.3, -0.25) is 5.01 Å². The van der Waals surface area contributed by atoms with E-state index in [4.69, 9.17) is 0 Å². The first kappa shape index (κ1) is 15.8. The fraction of sp³-hybridized carbons (Fsp3) is 0.350.